The summed E-state index contributed by atoms with van der Waals surface area (Å²) in [6, 6.07) is 13.9. The number of para-hydroxylation sites is 2. The standard InChI is InChI=1S/C20H20N6OS/c1-12-9-10-15(11-13(12)2)26-14(3)18(23-25-26)19-22-20(28-24-19)21-16-7-5-6-8-17(16)27-4/h5-11H,1-4H3,(H,21,22,24). The smallest absolute Gasteiger partial charge is 0.207 e. The zero-order chi connectivity index (χ0) is 19.7. The number of benzene rings is 2. The van der Waals surface area contributed by atoms with Gasteiger partial charge in [-0.15, -0.1) is 5.10 Å². The van der Waals surface area contributed by atoms with Crippen molar-refractivity contribution in [1.82, 2.24) is 24.4 Å². The molecule has 0 atom stereocenters. The Kier molecular flexibility index (Phi) is 4.79. The number of aryl methyl sites for hydroxylation is 2. The zero-order valence-corrected chi connectivity index (χ0v) is 16.9. The lowest BCUT2D eigenvalue weighted by molar-refractivity contribution is 0.417. The molecule has 142 valence electrons. The van der Waals surface area contributed by atoms with Gasteiger partial charge in [-0.25, -0.2) is 4.68 Å². The van der Waals surface area contributed by atoms with E-state index in [0.717, 1.165) is 22.8 Å². The van der Waals surface area contributed by atoms with E-state index in [4.69, 9.17) is 4.74 Å². The van der Waals surface area contributed by atoms with Crippen LogP contribution in [0.2, 0.25) is 0 Å². The Morgan fingerprint density at radius 1 is 1.04 bits per heavy atom. The maximum atomic E-state index is 5.37. The van der Waals surface area contributed by atoms with Crippen LogP contribution in [0.5, 0.6) is 5.75 Å². The predicted octanol–water partition coefficient (Wildman–Crippen LogP) is 4.46. The molecule has 7 nitrogen and oxygen atoms in total. The molecule has 28 heavy (non-hydrogen) atoms. The molecule has 0 aliphatic heterocycles. The molecular formula is C20H20N6OS. The Morgan fingerprint density at radius 2 is 1.86 bits per heavy atom. The first-order valence-corrected chi connectivity index (χ1v) is 9.58. The fourth-order valence-electron chi connectivity index (χ4n) is 2.87. The van der Waals surface area contributed by atoms with Gasteiger partial charge in [0.15, 0.2) is 11.5 Å². The molecule has 0 saturated carbocycles. The topological polar surface area (TPSA) is 77.8 Å². The third-order valence-electron chi connectivity index (χ3n) is 4.62. The van der Waals surface area contributed by atoms with Crippen LogP contribution in [0.15, 0.2) is 42.5 Å². The van der Waals surface area contributed by atoms with Crippen LogP contribution in [0.25, 0.3) is 17.2 Å². The molecule has 0 saturated heterocycles. The van der Waals surface area contributed by atoms with Crippen LogP contribution in [0.3, 0.4) is 0 Å². The summed E-state index contributed by atoms with van der Waals surface area (Å²) in [4.78, 5) is 4.58. The average molecular weight is 392 g/mol. The van der Waals surface area contributed by atoms with Crippen LogP contribution >= 0.6 is 11.5 Å². The molecule has 0 radical (unpaired) electrons. The van der Waals surface area contributed by atoms with E-state index in [-0.39, 0.29) is 0 Å². The minimum Gasteiger partial charge on any atom is -0.495 e. The molecule has 2 aromatic heterocycles. The van der Waals surface area contributed by atoms with Crippen molar-refractivity contribution in [3.8, 4) is 23.0 Å². The van der Waals surface area contributed by atoms with Crippen molar-refractivity contribution in [1.29, 1.82) is 0 Å². The van der Waals surface area contributed by atoms with Crippen molar-refractivity contribution in [3.05, 3.63) is 59.3 Å². The fraction of sp³-hybridized carbons (Fsp3) is 0.200. The molecular weight excluding hydrogens is 372 g/mol. The summed E-state index contributed by atoms with van der Waals surface area (Å²) in [6.45, 7) is 6.15. The van der Waals surface area contributed by atoms with E-state index in [1.54, 1.807) is 7.11 Å². The van der Waals surface area contributed by atoms with Gasteiger partial charge in [-0.2, -0.15) is 9.36 Å². The molecule has 8 heteroatoms. The third kappa shape index (κ3) is 3.34. The normalized spacial score (nSPS) is 10.9. The van der Waals surface area contributed by atoms with Gasteiger partial charge >= 0.3 is 0 Å². The van der Waals surface area contributed by atoms with E-state index in [2.05, 4.69) is 51.0 Å². The largest absolute Gasteiger partial charge is 0.495 e. The second-order valence-electron chi connectivity index (χ2n) is 6.45. The second-order valence-corrected chi connectivity index (χ2v) is 7.20. The number of nitrogens with one attached hydrogen (secondary N) is 1. The highest BCUT2D eigenvalue weighted by Crippen LogP contribution is 2.30. The van der Waals surface area contributed by atoms with Crippen LogP contribution in [0, 0.1) is 20.8 Å². The number of aromatic nitrogens is 5. The van der Waals surface area contributed by atoms with Crippen molar-refractivity contribution >= 4 is 22.4 Å². The quantitative estimate of drug-likeness (QED) is 0.540. The first kappa shape index (κ1) is 18.1. The summed E-state index contributed by atoms with van der Waals surface area (Å²) in [6.07, 6.45) is 0. The Balaban J connectivity index is 1.62. The predicted molar refractivity (Wildman–Crippen MR) is 111 cm³/mol. The molecule has 0 bridgehead atoms. The fourth-order valence-corrected chi connectivity index (χ4v) is 3.46. The molecule has 2 aromatic carbocycles. The minimum atomic E-state index is 0.551. The minimum absolute atomic E-state index is 0.551. The van der Waals surface area contributed by atoms with Gasteiger partial charge in [-0.1, -0.05) is 23.4 Å². The highest BCUT2D eigenvalue weighted by molar-refractivity contribution is 7.09. The number of nitrogens with zero attached hydrogens (tertiary/aromatic N) is 5. The molecule has 0 spiro atoms. The van der Waals surface area contributed by atoms with Gasteiger partial charge in [0.1, 0.15) is 5.75 Å². The molecule has 2 heterocycles. The first-order valence-electron chi connectivity index (χ1n) is 8.81. The van der Waals surface area contributed by atoms with Crippen LogP contribution in [-0.4, -0.2) is 31.5 Å². The molecule has 4 rings (SSSR count). The molecule has 0 fully saturated rings. The Morgan fingerprint density at radius 3 is 2.64 bits per heavy atom. The van der Waals surface area contributed by atoms with Crippen molar-refractivity contribution in [2.45, 2.75) is 20.8 Å². The number of hydrogen-bond donors (Lipinski definition) is 1. The van der Waals surface area contributed by atoms with Crippen LogP contribution in [0.1, 0.15) is 16.8 Å². The highest BCUT2D eigenvalue weighted by Gasteiger charge is 2.17. The van der Waals surface area contributed by atoms with Gasteiger partial charge in [-0.05, 0) is 56.2 Å². The third-order valence-corrected chi connectivity index (χ3v) is 5.25. The van der Waals surface area contributed by atoms with Gasteiger partial charge in [0.2, 0.25) is 5.13 Å². The number of anilines is 2. The van der Waals surface area contributed by atoms with Crippen LogP contribution in [-0.2, 0) is 0 Å². The van der Waals surface area contributed by atoms with E-state index in [1.165, 1.54) is 22.7 Å². The highest BCUT2D eigenvalue weighted by atomic mass is 32.1. The lowest BCUT2D eigenvalue weighted by Crippen LogP contribution is -2.00. The lowest BCUT2D eigenvalue weighted by Gasteiger charge is -2.07. The molecule has 0 aliphatic rings. The molecule has 4 aromatic rings. The Labute approximate surface area is 167 Å². The SMILES string of the molecule is COc1ccccc1Nc1nc(-c2nnn(-c3ccc(C)c(C)c3)c2C)ns1. The Bertz CT molecular complexity index is 1130. The molecule has 0 amide bonds. The molecule has 0 unspecified atom stereocenters. The zero-order valence-electron chi connectivity index (χ0n) is 16.1. The second kappa shape index (κ2) is 7.40. The first-order chi connectivity index (χ1) is 13.6. The molecule has 1 N–H and O–H groups in total. The summed E-state index contributed by atoms with van der Waals surface area (Å²) >= 11 is 1.27. The van der Waals surface area contributed by atoms with E-state index < -0.39 is 0 Å². The van der Waals surface area contributed by atoms with Crippen molar-refractivity contribution in [3.63, 3.8) is 0 Å². The number of ether oxygens (including phenoxy) is 1. The number of rotatable bonds is 5. The van der Waals surface area contributed by atoms with E-state index >= 15 is 0 Å². The van der Waals surface area contributed by atoms with Crippen LogP contribution in [0.4, 0.5) is 10.8 Å². The number of hydrogen-bond acceptors (Lipinski definition) is 7. The maximum Gasteiger partial charge on any atom is 0.207 e. The number of methoxy groups -OCH3 is 1. The Hall–Kier alpha value is -3.26. The summed E-state index contributed by atoms with van der Waals surface area (Å²) in [5.74, 6) is 1.30. The van der Waals surface area contributed by atoms with Gasteiger partial charge in [0, 0.05) is 11.5 Å². The van der Waals surface area contributed by atoms with Crippen molar-refractivity contribution in [2.24, 2.45) is 0 Å². The summed E-state index contributed by atoms with van der Waals surface area (Å²) in [5.41, 5.74) is 5.83. The monoisotopic (exact) mass is 392 g/mol. The van der Waals surface area contributed by atoms with Crippen molar-refractivity contribution < 1.29 is 4.74 Å². The molecule has 0 aliphatic carbocycles. The van der Waals surface area contributed by atoms with Gasteiger partial charge in [0.05, 0.1) is 24.2 Å². The van der Waals surface area contributed by atoms with E-state index in [1.807, 2.05) is 41.9 Å². The van der Waals surface area contributed by atoms with E-state index in [9.17, 15) is 0 Å². The van der Waals surface area contributed by atoms with Crippen molar-refractivity contribution in [2.75, 3.05) is 12.4 Å². The van der Waals surface area contributed by atoms with E-state index in [0.29, 0.717) is 16.6 Å². The maximum absolute atomic E-state index is 5.37. The average Bonchev–Trinajstić information content (AvgIpc) is 3.31. The van der Waals surface area contributed by atoms with Gasteiger partial charge in [0.25, 0.3) is 0 Å². The summed E-state index contributed by atoms with van der Waals surface area (Å²) < 4.78 is 11.6. The lowest BCUT2D eigenvalue weighted by atomic mass is 10.1. The van der Waals surface area contributed by atoms with Crippen LogP contribution < -0.4 is 10.1 Å². The summed E-state index contributed by atoms with van der Waals surface area (Å²) in [7, 11) is 1.64. The summed E-state index contributed by atoms with van der Waals surface area (Å²) in [5, 5.41) is 12.5. The van der Waals surface area contributed by atoms with Gasteiger partial charge < -0.3 is 10.1 Å². The van der Waals surface area contributed by atoms with Gasteiger partial charge in [-0.3, -0.25) is 0 Å².